The molecule has 0 fully saturated rings. The summed E-state index contributed by atoms with van der Waals surface area (Å²) < 4.78 is 4.40. The fraction of sp³-hybridized carbons (Fsp3) is 0.375. The summed E-state index contributed by atoms with van der Waals surface area (Å²) in [6, 6.07) is 0. The molecule has 0 aromatic heterocycles. The maximum atomic E-state index is 9.82. The summed E-state index contributed by atoms with van der Waals surface area (Å²) in [6.45, 7) is 3.65. The van der Waals surface area contributed by atoms with E-state index in [2.05, 4.69) is 4.74 Å². The highest BCUT2D eigenvalue weighted by Crippen LogP contribution is 1.70. The monoisotopic (exact) mass is 204 g/mol. The third kappa shape index (κ3) is 22.5. The lowest BCUT2D eigenvalue weighted by Gasteiger charge is -1.89. The molecular weight excluding hydrogens is 192 g/mol. The van der Waals surface area contributed by atoms with Crippen LogP contribution in [0.1, 0.15) is 13.8 Å². The van der Waals surface area contributed by atoms with E-state index < -0.39 is 11.9 Å². The Morgan fingerprint density at radius 1 is 1.14 bits per heavy atom. The van der Waals surface area contributed by atoms with Crippen LogP contribution in [0.5, 0.6) is 0 Å². The number of carbonyl (C=O) groups is 3. The molecular formula is C8H12O6. The van der Waals surface area contributed by atoms with Gasteiger partial charge in [-0.2, -0.15) is 0 Å². The van der Waals surface area contributed by atoms with Gasteiger partial charge in [0, 0.05) is 19.1 Å². The van der Waals surface area contributed by atoms with E-state index >= 15 is 0 Å². The van der Waals surface area contributed by atoms with Crippen LogP contribution in [0.3, 0.4) is 0 Å². The number of carbonyl (C=O) groups excluding carboxylic acids is 1. The molecule has 0 bridgehead atoms. The van der Waals surface area contributed by atoms with Crippen molar-refractivity contribution in [3.63, 3.8) is 0 Å². The summed E-state index contributed by atoms with van der Waals surface area (Å²) in [5.41, 5.74) is 0. The van der Waals surface area contributed by atoms with Crippen LogP contribution in [-0.4, -0.2) is 34.7 Å². The number of carboxylic acids is 2. The van der Waals surface area contributed by atoms with Crippen molar-refractivity contribution in [3.05, 3.63) is 12.2 Å². The van der Waals surface area contributed by atoms with Crippen LogP contribution in [-0.2, 0) is 19.1 Å². The van der Waals surface area contributed by atoms with Gasteiger partial charge in [-0.15, -0.1) is 0 Å². The molecule has 0 saturated heterocycles. The maximum absolute atomic E-state index is 9.82. The van der Waals surface area contributed by atoms with Crippen molar-refractivity contribution in [1.82, 2.24) is 0 Å². The molecule has 2 N–H and O–H groups in total. The summed E-state index contributed by atoms with van der Waals surface area (Å²) in [6.07, 6.45) is 1.12. The number of esters is 1. The second kappa shape index (κ2) is 9.24. The van der Waals surface area contributed by atoms with Crippen molar-refractivity contribution in [3.8, 4) is 0 Å². The summed E-state index contributed by atoms with van der Waals surface area (Å²) in [7, 11) is 0. The summed E-state index contributed by atoms with van der Waals surface area (Å²) >= 11 is 0. The van der Waals surface area contributed by atoms with E-state index in [1.54, 1.807) is 6.92 Å². The minimum absolute atomic E-state index is 0.211. The first-order valence-corrected chi connectivity index (χ1v) is 3.67. The Balaban J connectivity index is 0. The average molecular weight is 204 g/mol. The van der Waals surface area contributed by atoms with Gasteiger partial charge in [0.2, 0.25) is 0 Å². The topological polar surface area (TPSA) is 101 Å². The van der Waals surface area contributed by atoms with E-state index in [9.17, 15) is 14.4 Å². The van der Waals surface area contributed by atoms with Crippen molar-refractivity contribution < 1.29 is 29.3 Å². The molecule has 0 radical (unpaired) electrons. The second-order valence-corrected chi connectivity index (χ2v) is 1.93. The van der Waals surface area contributed by atoms with Crippen molar-refractivity contribution >= 4 is 17.9 Å². The summed E-state index contributed by atoms with van der Waals surface area (Å²) in [5, 5.41) is 15.6. The highest BCUT2D eigenvalue weighted by molar-refractivity contribution is 5.89. The Morgan fingerprint density at radius 3 is 1.57 bits per heavy atom. The number of ether oxygens (including phenoxy) is 1. The van der Waals surface area contributed by atoms with Gasteiger partial charge in [-0.1, -0.05) is 0 Å². The zero-order valence-electron chi connectivity index (χ0n) is 7.89. The SMILES string of the molecule is CCOC(C)=O.O=C(O)/C=C\C(=O)O. The summed E-state index contributed by atoms with van der Waals surface area (Å²) in [4.78, 5) is 28.9. The van der Waals surface area contributed by atoms with Gasteiger partial charge < -0.3 is 14.9 Å². The second-order valence-electron chi connectivity index (χ2n) is 1.93. The molecule has 0 heterocycles. The maximum Gasteiger partial charge on any atom is 0.328 e. The first-order valence-electron chi connectivity index (χ1n) is 3.67. The van der Waals surface area contributed by atoms with E-state index in [1.165, 1.54) is 6.92 Å². The lowest BCUT2D eigenvalue weighted by Crippen LogP contribution is -1.95. The molecule has 0 atom stereocenters. The standard InChI is InChI=1S/C4H4O4.C4H8O2/c5-3(6)1-2-4(7)8;1-3-6-4(2)5/h1-2H,(H,5,6)(H,7,8);3H2,1-2H3/b2-1-;. The van der Waals surface area contributed by atoms with Crippen molar-refractivity contribution in [1.29, 1.82) is 0 Å². The first kappa shape index (κ1) is 14.7. The number of hydrogen-bond donors (Lipinski definition) is 2. The van der Waals surface area contributed by atoms with Gasteiger partial charge in [-0.05, 0) is 6.92 Å². The van der Waals surface area contributed by atoms with Crippen LogP contribution < -0.4 is 0 Å². The normalized spacial score (nSPS) is 8.71. The Hall–Kier alpha value is -1.85. The van der Waals surface area contributed by atoms with Gasteiger partial charge in [0.05, 0.1) is 6.61 Å². The van der Waals surface area contributed by atoms with E-state index in [0.717, 1.165) is 0 Å². The van der Waals surface area contributed by atoms with Crippen molar-refractivity contribution in [2.75, 3.05) is 6.61 Å². The lowest BCUT2D eigenvalue weighted by atomic mass is 10.5. The van der Waals surface area contributed by atoms with Crippen LogP contribution >= 0.6 is 0 Å². The van der Waals surface area contributed by atoms with Gasteiger partial charge in [-0.3, -0.25) is 4.79 Å². The third-order valence-electron chi connectivity index (χ3n) is 0.716. The minimum atomic E-state index is -1.26. The minimum Gasteiger partial charge on any atom is -0.478 e. The van der Waals surface area contributed by atoms with E-state index in [1.807, 2.05) is 0 Å². The molecule has 0 unspecified atom stereocenters. The molecule has 0 spiro atoms. The van der Waals surface area contributed by atoms with Crippen LogP contribution in [0.15, 0.2) is 12.2 Å². The molecule has 0 rings (SSSR count). The van der Waals surface area contributed by atoms with Gasteiger partial charge in [-0.25, -0.2) is 9.59 Å². The largest absolute Gasteiger partial charge is 0.478 e. The molecule has 0 aliphatic rings. The fourth-order valence-corrected chi connectivity index (χ4v) is 0.346. The number of hydrogen-bond acceptors (Lipinski definition) is 4. The van der Waals surface area contributed by atoms with E-state index in [0.29, 0.717) is 18.8 Å². The highest BCUT2D eigenvalue weighted by atomic mass is 16.5. The molecule has 0 aliphatic carbocycles. The van der Waals surface area contributed by atoms with Crippen LogP contribution in [0, 0.1) is 0 Å². The Morgan fingerprint density at radius 2 is 1.50 bits per heavy atom. The van der Waals surface area contributed by atoms with Crippen LogP contribution in [0.4, 0.5) is 0 Å². The van der Waals surface area contributed by atoms with Crippen molar-refractivity contribution in [2.45, 2.75) is 13.8 Å². The molecule has 0 aromatic carbocycles. The van der Waals surface area contributed by atoms with Gasteiger partial charge in [0.25, 0.3) is 0 Å². The number of carboxylic acid groups (broad SMARTS) is 2. The predicted molar refractivity (Wildman–Crippen MR) is 46.7 cm³/mol. The van der Waals surface area contributed by atoms with E-state index in [-0.39, 0.29) is 5.97 Å². The van der Waals surface area contributed by atoms with Gasteiger partial charge in [0.15, 0.2) is 0 Å². The van der Waals surface area contributed by atoms with Crippen LogP contribution in [0.2, 0.25) is 0 Å². The molecule has 14 heavy (non-hydrogen) atoms. The lowest BCUT2D eigenvalue weighted by molar-refractivity contribution is -0.140. The quantitative estimate of drug-likeness (QED) is 0.505. The molecule has 6 nitrogen and oxygen atoms in total. The molecule has 0 saturated carbocycles. The molecule has 80 valence electrons. The highest BCUT2D eigenvalue weighted by Gasteiger charge is 1.88. The number of aliphatic carboxylic acids is 2. The Bertz CT molecular complexity index is 214. The zero-order chi connectivity index (χ0) is 11.6. The van der Waals surface area contributed by atoms with Crippen molar-refractivity contribution in [2.24, 2.45) is 0 Å². The zero-order valence-corrected chi connectivity index (χ0v) is 7.89. The Kier molecular flexibility index (Phi) is 9.68. The average Bonchev–Trinajstić information content (AvgIpc) is 2.01. The number of rotatable bonds is 3. The van der Waals surface area contributed by atoms with Gasteiger partial charge in [0.1, 0.15) is 0 Å². The predicted octanol–water partition coefficient (Wildman–Crippen LogP) is 0.281. The molecule has 0 aliphatic heterocycles. The fourth-order valence-electron chi connectivity index (χ4n) is 0.346. The Labute approximate surface area is 80.8 Å². The molecule has 6 heteroatoms. The van der Waals surface area contributed by atoms with Crippen LogP contribution in [0.25, 0.3) is 0 Å². The first-order chi connectivity index (χ1) is 6.40. The summed E-state index contributed by atoms with van der Waals surface area (Å²) in [5.74, 6) is -2.72. The van der Waals surface area contributed by atoms with E-state index in [4.69, 9.17) is 10.2 Å². The van der Waals surface area contributed by atoms with Gasteiger partial charge >= 0.3 is 17.9 Å². The molecule has 0 aromatic rings. The smallest absolute Gasteiger partial charge is 0.328 e. The third-order valence-corrected chi connectivity index (χ3v) is 0.716. The molecule has 0 amide bonds.